The summed E-state index contributed by atoms with van der Waals surface area (Å²) in [5, 5.41) is 12.9. The minimum atomic E-state index is -1.11. The Labute approximate surface area is 102 Å². The van der Waals surface area contributed by atoms with Crippen LogP contribution in [0.5, 0.6) is 5.75 Å². The van der Waals surface area contributed by atoms with Gasteiger partial charge in [0.25, 0.3) is 0 Å². The Hall–Kier alpha value is -2.37. The Bertz CT molecular complexity index is 580. The predicted molar refractivity (Wildman–Crippen MR) is 60.9 cm³/mol. The molecule has 1 N–H and O–H groups in total. The fraction of sp³-hybridized carbons (Fsp3) is 0.167. The zero-order valence-corrected chi connectivity index (χ0v) is 9.63. The first-order valence-electron chi connectivity index (χ1n) is 5.19. The van der Waals surface area contributed by atoms with Gasteiger partial charge in [-0.25, -0.2) is 9.18 Å². The van der Waals surface area contributed by atoms with E-state index >= 15 is 0 Å². The molecule has 2 aromatic rings. The Balaban J connectivity index is 2.17. The number of halogens is 1. The molecule has 0 fully saturated rings. The third kappa shape index (κ3) is 2.65. The fourth-order valence-corrected chi connectivity index (χ4v) is 1.52. The summed E-state index contributed by atoms with van der Waals surface area (Å²) in [7, 11) is 1.73. The molecule has 0 bridgehead atoms. The number of benzene rings is 1. The molecule has 0 aliphatic carbocycles. The average Bonchev–Trinajstić information content (AvgIpc) is 2.72. The van der Waals surface area contributed by atoms with Gasteiger partial charge < -0.3 is 9.84 Å². The van der Waals surface area contributed by atoms with Crippen LogP contribution in [0, 0.1) is 5.82 Å². The molecule has 1 heterocycles. The lowest BCUT2D eigenvalue weighted by Gasteiger charge is -2.07. The van der Waals surface area contributed by atoms with E-state index in [1.807, 2.05) is 0 Å². The van der Waals surface area contributed by atoms with Crippen LogP contribution in [0.4, 0.5) is 4.39 Å². The third-order valence-electron chi connectivity index (χ3n) is 2.37. The lowest BCUT2D eigenvalue weighted by molar-refractivity contribution is 0.0694. The van der Waals surface area contributed by atoms with Crippen LogP contribution in [-0.4, -0.2) is 20.9 Å². The summed E-state index contributed by atoms with van der Waals surface area (Å²) in [6.07, 6.45) is 3.14. The molecule has 6 heteroatoms. The molecule has 0 aliphatic heterocycles. The highest BCUT2D eigenvalue weighted by Crippen LogP contribution is 2.15. The van der Waals surface area contributed by atoms with Gasteiger partial charge in [-0.1, -0.05) is 0 Å². The smallest absolute Gasteiger partial charge is 0.336 e. The molecule has 0 spiro atoms. The maximum atomic E-state index is 13.1. The molecular formula is C12H11FN2O3. The van der Waals surface area contributed by atoms with Crippen molar-refractivity contribution in [2.75, 3.05) is 0 Å². The second-order valence-corrected chi connectivity index (χ2v) is 3.75. The number of ether oxygens (including phenoxy) is 1. The lowest BCUT2D eigenvalue weighted by Crippen LogP contribution is -2.06. The van der Waals surface area contributed by atoms with Gasteiger partial charge in [0, 0.05) is 12.6 Å². The summed E-state index contributed by atoms with van der Waals surface area (Å²) >= 11 is 0. The topological polar surface area (TPSA) is 64.3 Å². The molecule has 1 aromatic carbocycles. The number of aryl methyl sites for hydroxylation is 1. The Kier molecular flexibility index (Phi) is 3.27. The van der Waals surface area contributed by atoms with Gasteiger partial charge in [0.15, 0.2) is 5.75 Å². The zero-order chi connectivity index (χ0) is 13.1. The molecule has 0 atom stereocenters. The van der Waals surface area contributed by atoms with E-state index < -0.39 is 11.8 Å². The van der Waals surface area contributed by atoms with Crippen LogP contribution in [0.1, 0.15) is 15.9 Å². The van der Waals surface area contributed by atoms with Crippen LogP contribution < -0.4 is 4.74 Å². The van der Waals surface area contributed by atoms with Crippen LogP contribution in [0.15, 0.2) is 30.6 Å². The van der Waals surface area contributed by atoms with Crippen molar-refractivity contribution in [2.24, 2.45) is 7.05 Å². The van der Waals surface area contributed by atoms with Gasteiger partial charge in [-0.2, -0.15) is 5.10 Å². The van der Waals surface area contributed by atoms with Crippen LogP contribution in [0.3, 0.4) is 0 Å². The highest BCUT2D eigenvalue weighted by molar-refractivity contribution is 5.89. The number of hydrogen-bond acceptors (Lipinski definition) is 3. The number of rotatable bonds is 4. The molecule has 1 aromatic heterocycles. The SMILES string of the molecule is Cn1cc(OCc2cc(F)ccc2C(=O)O)cn1. The number of carboxylic acids is 1. The minimum Gasteiger partial charge on any atom is -0.486 e. The summed E-state index contributed by atoms with van der Waals surface area (Å²) in [6.45, 7) is -0.0227. The van der Waals surface area contributed by atoms with Gasteiger partial charge in [0.05, 0.1) is 18.0 Å². The number of hydrogen-bond donors (Lipinski definition) is 1. The molecule has 2 rings (SSSR count). The van der Waals surface area contributed by atoms with E-state index in [0.29, 0.717) is 5.75 Å². The molecule has 94 valence electrons. The molecule has 0 amide bonds. The first-order chi connectivity index (χ1) is 8.56. The van der Waals surface area contributed by atoms with Crippen molar-refractivity contribution < 1.29 is 19.0 Å². The summed E-state index contributed by atoms with van der Waals surface area (Å²) in [5.74, 6) is -1.11. The average molecular weight is 250 g/mol. The summed E-state index contributed by atoms with van der Waals surface area (Å²) in [4.78, 5) is 11.0. The zero-order valence-electron chi connectivity index (χ0n) is 9.63. The normalized spacial score (nSPS) is 10.3. The van der Waals surface area contributed by atoms with Crippen LogP contribution in [0.25, 0.3) is 0 Å². The second kappa shape index (κ2) is 4.87. The molecule has 0 saturated heterocycles. The van der Waals surface area contributed by atoms with E-state index in [0.717, 1.165) is 12.1 Å². The second-order valence-electron chi connectivity index (χ2n) is 3.75. The van der Waals surface area contributed by atoms with Crippen molar-refractivity contribution >= 4 is 5.97 Å². The van der Waals surface area contributed by atoms with Gasteiger partial charge in [-0.05, 0) is 18.2 Å². The number of nitrogens with zero attached hydrogens (tertiary/aromatic N) is 2. The molecule has 5 nitrogen and oxygen atoms in total. The number of aromatic carboxylic acids is 1. The summed E-state index contributed by atoms with van der Waals surface area (Å²) < 4.78 is 20.0. The molecule has 0 saturated carbocycles. The van der Waals surface area contributed by atoms with Crippen LogP contribution >= 0.6 is 0 Å². The summed E-state index contributed by atoms with van der Waals surface area (Å²) in [5.41, 5.74) is 0.312. The van der Waals surface area contributed by atoms with Crippen molar-refractivity contribution in [1.82, 2.24) is 9.78 Å². The Morgan fingerprint density at radius 1 is 1.56 bits per heavy atom. The van der Waals surface area contributed by atoms with E-state index in [1.54, 1.807) is 17.9 Å². The number of carboxylic acid groups (broad SMARTS) is 1. The van der Waals surface area contributed by atoms with Crippen molar-refractivity contribution in [1.29, 1.82) is 0 Å². The quantitative estimate of drug-likeness (QED) is 0.899. The van der Waals surface area contributed by atoms with Crippen molar-refractivity contribution in [2.45, 2.75) is 6.61 Å². The number of carbonyl (C=O) groups is 1. The van der Waals surface area contributed by atoms with E-state index in [9.17, 15) is 9.18 Å². The van der Waals surface area contributed by atoms with E-state index in [-0.39, 0.29) is 17.7 Å². The third-order valence-corrected chi connectivity index (χ3v) is 2.37. The van der Waals surface area contributed by atoms with Gasteiger partial charge in [-0.3, -0.25) is 4.68 Å². The van der Waals surface area contributed by atoms with Crippen molar-refractivity contribution in [3.05, 3.63) is 47.5 Å². The minimum absolute atomic E-state index is 0.0227. The van der Waals surface area contributed by atoms with Crippen molar-refractivity contribution in [3.8, 4) is 5.75 Å². The highest BCUT2D eigenvalue weighted by atomic mass is 19.1. The Morgan fingerprint density at radius 3 is 2.94 bits per heavy atom. The first kappa shape index (κ1) is 12.1. The maximum absolute atomic E-state index is 13.1. The van der Waals surface area contributed by atoms with Gasteiger partial charge in [-0.15, -0.1) is 0 Å². The van der Waals surface area contributed by atoms with Crippen LogP contribution in [-0.2, 0) is 13.7 Å². The molecule has 18 heavy (non-hydrogen) atoms. The van der Waals surface area contributed by atoms with Gasteiger partial charge >= 0.3 is 5.97 Å². The largest absolute Gasteiger partial charge is 0.486 e. The maximum Gasteiger partial charge on any atom is 0.336 e. The van der Waals surface area contributed by atoms with Crippen molar-refractivity contribution in [3.63, 3.8) is 0 Å². The molecule has 0 radical (unpaired) electrons. The van der Waals surface area contributed by atoms with E-state index in [4.69, 9.17) is 9.84 Å². The molecule has 0 aliphatic rings. The fourth-order valence-electron chi connectivity index (χ4n) is 1.52. The van der Waals surface area contributed by atoms with Gasteiger partial charge in [0.1, 0.15) is 12.4 Å². The highest BCUT2D eigenvalue weighted by Gasteiger charge is 2.11. The summed E-state index contributed by atoms with van der Waals surface area (Å²) in [6, 6.07) is 3.48. The van der Waals surface area contributed by atoms with Gasteiger partial charge in [0.2, 0.25) is 0 Å². The lowest BCUT2D eigenvalue weighted by atomic mass is 10.1. The molecule has 0 unspecified atom stereocenters. The van der Waals surface area contributed by atoms with E-state index in [1.165, 1.54) is 12.3 Å². The first-order valence-corrected chi connectivity index (χ1v) is 5.19. The monoisotopic (exact) mass is 250 g/mol. The Morgan fingerprint density at radius 2 is 2.33 bits per heavy atom. The van der Waals surface area contributed by atoms with E-state index in [2.05, 4.69) is 5.10 Å². The number of aromatic nitrogens is 2. The standard InChI is InChI=1S/C12H11FN2O3/c1-15-6-10(5-14-15)18-7-8-4-9(13)2-3-11(8)12(16)17/h2-6H,7H2,1H3,(H,16,17). The van der Waals surface area contributed by atoms with Crippen LogP contribution in [0.2, 0.25) is 0 Å². The predicted octanol–water partition coefficient (Wildman–Crippen LogP) is 1.84. The molecular weight excluding hydrogens is 239 g/mol.